The van der Waals surface area contributed by atoms with Crippen molar-refractivity contribution < 1.29 is 9.53 Å². The van der Waals surface area contributed by atoms with E-state index in [0.29, 0.717) is 40.1 Å². The fourth-order valence-electron chi connectivity index (χ4n) is 4.07. The molecule has 4 aromatic rings. The summed E-state index contributed by atoms with van der Waals surface area (Å²) in [6, 6.07) is 21.0. The molecule has 7 heteroatoms. The summed E-state index contributed by atoms with van der Waals surface area (Å²) in [4.78, 5) is 13.1. The van der Waals surface area contributed by atoms with Crippen LogP contribution < -0.4 is 10.1 Å². The predicted molar refractivity (Wildman–Crippen MR) is 151 cm³/mol. The van der Waals surface area contributed by atoms with E-state index in [1.54, 1.807) is 22.9 Å². The average molecular weight is 537 g/mol. The van der Waals surface area contributed by atoms with Crippen LogP contribution in [0.2, 0.25) is 10.0 Å². The van der Waals surface area contributed by atoms with Crippen LogP contribution in [0.5, 0.6) is 5.75 Å². The number of ether oxygens (including phenoxy) is 1. The van der Waals surface area contributed by atoms with Gasteiger partial charge in [0.15, 0.2) is 0 Å². The van der Waals surface area contributed by atoms with Gasteiger partial charge in [-0.05, 0) is 66.8 Å². The van der Waals surface area contributed by atoms with Crippen molar-refractivity contribution in [3.05, 3.63) is 110 Å². The molecule has 37 heavy (non-hydrogen) atoms. The molecule has 192 valence electrons. The Balaban J connectivity index is 1.44. The molecule has 1 N–H and O–H groups in total. The van der Waals surface area contributed by atoms with Crippen molar-refractivity contribution in [3.8, 4) is 5.75 Å². The van der Waals surface area contributed by atoms with Crippen molar-refractivity contribution in [2.75, 3.05) is 5.32 Å². The Labute approximate surface area is 228 Å². The number of amides is 1. The molecular weight excluding hydrogens is 505 g/mol. The number of halogens is 2. The van der Waals surface area contributed by atoms with E-state index in [-0.39, 0.29) is 11.3 Å². The monoisotopic (exact) mass is 535 g/mol. The third kappa shape index (κ3) is 6.35. The average Bonchev–Trinajstić information content (AvgIpc) is 3.12. The number of anilines is 1. The number of hydrogen-bond acceptors (Lipinski definition) is 3. The van der Waals surface area contributed by atoms with Crippen molar-refractivity contribution in [2.45, 2.75) is 53.2 Å². The molecule has 3 aromatic carbocycles. The lowest BCUT2D eigenvalue weighted by Gasteiger charge is -2.19. The Kier molecular flexibility index (Phi) is 7.96. The highest BCUT2D eigenvalue weighted by atomic mass is 35.5. The van der Waals surface area contributed by atoms with E-state index in [0.717, 1.165) is 22.6 Å². The molecule has 0 fully saturated rings. The number of hydrogen-bond donors (Lipinski definition) is 1. The maximum absolute atomic E-state index is 13.1. The second-order valence-corrected chi connectivity index (χ2v) is 10.9. The quantitative estimate of drug-likeness (QED) is 0.261. The predicted octanol–water partition coefficient (Wildman–Crippen LogP) is 7.98. The van der Waals surface area contributed by atoms with Crippen LogP contribution in [-0.4, -0.2) is 15.7 Å². The zero-order chi connectivity index (χ0) is 26.7. The van der Waals surface area contributed by atoms with Crippen LogP contribution in [0, 0.1) is 13.8 Å². The number of carbonyl (C=O) groups is 1. The summed E-state index contributed by atoms with van der Waals surface area (Å²) in [5.41, 5.74) is 5.79. The fraction of sp³-hybridized carbons (Fsp3) is 0.267. The van der Waals surface area contributed by atoms with Gasteiger partial charge in [0.25, 0.3) is 5.91 Å². The van der Waals surface area contributed by atoms with Gasteiger partial charge >= 0.3 is 0 Å². The molecule has 0 saturated heterocycles. The molecule has 0 aliphatic carbocycles. The molecule has 0 spiro atoms. The van der Waals surface area contributed by atoms with E-state index in [1.807, 2.05) is 50.2 Å². The van der Waals surface area contributed by atoms with Crippen molar-refractivity contribution >= 4 is 34.8 Å². The first kappa shape index (κ1) is 26.8. The molecule has 5 nitrogen and oxygen atoms in total. The molecular formula is C30H31Cl2N3O2. The van der Waals surface area contributed by atoms with E-state index >= 15 is 0 Å². The summed E-state index contributed by atoms with van der Waals surface area (Å²) >= 11 is 12.7. The van der Waals surface area contributed by atoms with Crippen molar-refractivity contribution in [2.24, 2.45) is 0 Å². The molecule has 0 aliphatic rings. The van der Waals surface area contributed by atoms with E-state index in [4.69, 9.17) is 27.9 Å². The number of carbonyl (C=O) groups excluding carboxylic acids is 1. The van der Waals surface area contributed by atoms with Gasteiger partial charge in [0.05, 0.1) is 23.6 Å². The molecule has 0 atom stereocenters. The lowest BCUT2D eigenvalue weighted by molar-refractivity contribution is 0.102. The van der Waals surface area contributed by atoms with Crippen LogP contribution >= 0.6 is 23.2 Å². The first-order chi connectivity index (χ1) is 17.5. The lowest BCUT2D eigenvalue weighted by Crippen LogP contribution is -2.14. The van der Waals surface area contributed by atoms with Crippen LogP contribution in [0.15, 0.2) is 66.7 Å². The molecule has 4 rings (SSSR count). The first-order valence-electron chi connectivity index (χ1n) is 12.1. The highest BCUT2D eigenvalue weighted by Gasteiger charge is 2.18. The summed E-state index contributed by atoms with van der Waals surface area (Å²) in [6.45, 7) is 11.1. The van der Waals surface area contributed by atoms with E-state index in [2.05, 4.69) is 43.3 Å². The van der Waals surface area contributed by atoms with Crippen LogP contribution in [0.3, 0.4) is 0 Å². The summed E-state index contributed by atoms with van der Waals surface area (Å²) in [6.07, 6.45) is 0. The second kappa shape index (κ2) is 11.0. The van der Waals surface area contributed by atoms with Crippen molar-refractivity contribution in [3.63, 3.8) is 0 Å². The topological polar surface area (TPSA) is 56.2 Å². The summed E-state index contributed by atoms with van der Waals surface area (Å²) in [5.74, 6) is 0.582. The number of nitrogens with zero attached hydrogens (tertiary/aromatic N) is 2. The number of benzene rings is 3. The van der Waals surface area contributed by atoms with Gasteiger partial charge in [-0.15, -0.1) is 0 Å². The largest absolute Gasteiger partial charge is 0.489 e. The molecule has 1 heterocycles. The van der Waals surface area contributed by atoms with Crippen molar-refractivity contribution in [1.29, 1.82) is 0 Å². The van der Waals surface area contributed by atoms with Crippen molar-refractivity contribution in [1.82, 2.24) is 9.78 Å². The van der Waals surface area contributed by atoms with E-state index < -0.39 is 0 Å². The Morgan fingerprint density at radius 3 is 2.27 bits per heavy atom. The summed E-state index contributed by atoms with van der Waals surface area (Å²) < 4.78 is 7.76. The Bertz CT molecular complexity index is 1400. The maximum atomic E-state index is 13.1. The van der Waals surface area contributed by atoms with Gasteiger partial charge < -0.3 is 10.1 Å². The normalized spacial score (nSPS) is 11.4. The number of rotatable bonds is 7. The summed E-state index contributed by atoms with van der Waals surface area (Å²) in [7, 11) is 0. The molecule has 0 aliphatic heterocycles. The molecule has 0 saturated carbocycles. The third-order valence-electron chi connectivity index (χ3n) is 6.30. The third-order valence-corrected chi connectivity index (χ3v) is 7.01. The number of nitrogens with one attached hydrogen (secondary N) is 1. The lowest BCUT2D eigenvalue weighted by atomic mass is 9.87. The Hall–Kier alpha value is -3.28. The molecule has 1 aromatic heterocycles. The van der Waals surface area contributed by atoms with E-state index in [9.17, 15) is 4.79 Å². The van der Waals surface area contributed by atoms with Crippen LogP contribution in [-0.2, 0) is 18.6 Å². The minimum absolute atomic E-state index is 0.0923. The van der Waals surface area contributed by atoms with Crippen LogP contribution in [0.4, 0.5) is 5.69 Å². The fourth-order valence-corrected chi connectivity index (χ4v) is 4.59. The van der Waals surface area contributed by atoms with Gasteiger partial charge in [-0.1, -0.05) is 74.3 Å². The second-order valence-electron chi connectivity index (χ2n) is 10.1. The summed E-state index contributed by atoms with van der Waals surface area (Å²) in [5, 5.41) is 8.78. The SMILES string of the molecule is Cc1nn(Cc2c(Cl)cccc2Cl)c(C)c1NC(=O)c1cccc(COc2ccc(C(C)(C)C)cc2)c1. The molecule has 0 radical (unpaired) electrons. The minimum atomic E-state index is -0.210. The maximum Gasteiger partial charge on any atom is 0.255 e. The standard InChI is InChI=1S/C30H31Cl2N3O2/c1-19-28(20(2)35(34-19)17-25-26(31)10-7-11-27(25)32)33-29(36)22-9-6-8-21(16-22)18-37-24-14-12-23(13-15-24)30(3,4)5/h6-16H,17-18H2,1-5H3,(H,33,36). The van der Waals surface area contributed by atoms with Crippen LogP contribution in [0.25, 0.3) is 0 Å². The van der Waals surface area contributed by atoms with Gasteiger partial charge in [0.1, 0.15) is 12.4 Å². The number of aryl methyl sites for hydroxylation is 1. The zero-order valence-corrected chi connectivity index (χ0v) is 23.2. The Morgan fingerprint density at radius 1 is 0.973 bits per heavy atom. The zero-order valence-electron chi connectivity index (χ0n) is 21.7. The van der Waals surface area contributed by atoms with Gasteiger partial charge in [-0.3, -0.25) is 9.48 Å². The highest BCUT2D eigenvalue weighted by Crippen LogP contribution is 2.28. The Morgan fingerprint density at radius 2 is 1.62 bits per heavy atom. The molecule has 0 unspecified atom stereocenters. The number of aromatic nitrogens is 2. The highest BCUT2D eigenvalue weighted by molar-refractivity contribution is 6.36. The van der Waals surface area contributed by atoms with Gasteiger partial charge in [0.2, 0.25) is 0 Å². The van der Waals surface area contributed by atoms with Gasteiger partial charge in [0, 0.05) is 21.2 Å². The van der Waals surface area contributed by atoms with Gasteiger partial charge in [-0.25, -0.2) is 0 Å². The first-order valence-corrected chi connectivity index (χ1v) is 12.9. The smallest absolute Gasteiger partial charge is 0.255 e. The van der Waals surface area contributed by atoms with Gasteiger partial charge in [-0.2, -0.15) is 5.10 Å². The molecule has 1 amide bonds. The minimum Gasteiger partial charge on any atom is -0.489 e. The van der Waals surface area contributed by atoms with E-state index in [1.165, 1.54) is 5.56 Å². The van der Waals surface area contributed by atoms with Crippen LogP contribution in [0.1, 0.15) is 59.2 Å². The molecule has 0 bridgehead atoms.